The van der Waals surface area contributed by atoms with Gasteiger partial charge in [-0.1, -0.05) is 0 Å². The van der Waals surface area contributed by atoms with E-state index in [9.17, 15) is 0 Å². The molecule has 78 valence electrons. The van der Waals surface area contributed by atoms with Crippen molar-refractivity contribution in [1.29, 1.82) is 0 Å². The lowest BCUT2D eigenvalue weighted by molar-refractivity contribution is 0.500. The fourth-order valence-electron chi connectivity index (χ4n) is 1.86. The molecular weight excluding hydrogens is 192 g/mol. The zero-order valence-electron chi connectivity index (χ0n) is 8.53. The van der Waals surface area contributed by atoms with Gasteiger partial charge in [0.25, 0.3) is 0 Å². The van der Waals surface area contributed by atoms with E-state index in [1.165, 1.54) is 0 Å². The van der Waals surface area contributed by atoms with E-state index in [1.54, 1.807) is 6.26 Å². The molecule has 0 bridgehead atoms. The topological polar surface area (TPSA) is 55.9 Å². The third-order valence-corrected chi connectivity index (χ3v) is 2.69. The molecule has 0 aromatic carbocycles. The van der Waals surface area contributed by atoms with E-state index in [0.717, 1.165) is 42.6 Å². The van der Waals surface area contributed by atoms with E-state index < -0.39 is 0 Å². The fraction of sp³-hybridized carbons (Fsp3) is 0.400. The second-order valence-corrected chi connectivity index (χ2v) is 3.70. The third-order valence-electron chi connectivity index (χ3n) is 2.69. The maximum Gasteiger partial charge on any atom is 0.200 e. The first kappa shape index (κ1) is 8.67. The predicted molar refractivity (Wildman–Crippen MR) is 54.2 cm³/mol. The largest absolute Gasteiger partial charge is 0.461 e. The van der Waals surface area contributed by atoms with Crippen LogP contribution in [0.4, 0.5) is 0 Å². The Balaban J connectivity index is 2.13. The lowest BCUT2D eigenvalue weighted by atomic mass is 10.2. The monoisotopic (exact) mass is 204 g/mol. The van der Waals surface area contributed by atoms with Crippen LogP contribution >= 0.6 is 0 Å². The third kappa shape index (κ3) is 1.27. The van der Waals surface area contributed by atoms with E-state index >= 15 is 0 Å². The average Bonchev–Trinajstić information content (AvgIpc) is 2.83. The summed E-state index contributed by atoms with van der Waals surface area (Å²) in [7, 11) is 0. The number of aryl methyl sites for hydroxylation is 1. The van der Waals surface area contributed by atoms with Gasteiger partial charge in [0.2, 0.25) is 0 Å². The minimum atomic E-state index is 0.784. The van der Waals surface area contributed by atoms with Crippen LogP contribution in [-0.2, 0) is 13.1 Å². The van der Waals surface area contributed by atoms with Crippen LogP contribution in [-0.4, -0.2) is 21.3 Å². The van der Waals surface area contributed by atoms with Crippen molar-refractivity contribution in [2.45, 2.75) is 20.0 Å². The standard InChI is InChI=1S/C10H12N4O/c1-7-2-5-15-9(7)10-13-12-8-6-11-3-4-14(8)10/h2,5,11H,3-4,6H2,1H3. The highest BCUT2D eigenvalue weighted by molar-refractivity contribution is 5.52. The normalized spacial score (nSPS) is 15.3. The molecule has 2 aromatic heterocycles. The highest BCUT2D eigenvalue weighted by Gasteiger charge is 2.19. The molecule has 0 saturated carbocycles. The number of aromatic nitrogens is 3. The van der Waals surface area contributed by atoms with Crippen LogP contribution in [0.3, 0.4) is 0 Å². The van der Waals surface area contributed by atoms with E-state index in [-0.39, 0.29) is 0 Å². The minimum Gasteiger partial charge on any atom is -0.461 e. The Bertz CT molecular complexity index is 485. The number of fused-ring (bicyclic) bond motifs is 1. The highest BCUT2D eigenvalue weighted by Crippen LogP contribution is 2.23. The van der Waals surface area contributed by atoms with Gasteiger partial charge in [-0.05, 0) is 18.6 Å². The van der Waals surface area contributed by atoms with Crippen molar-refractivity contribution in [2.24, 2.45) is 0 Å². The van der Waals surface area contributed by atoms with Gasteiger partial charge >= 0.3 is 0 Å². The van der Waals surface area contributed by atoms with Crippen molar-refractivity contribution >= 4 is 0 Å². The van der Waals surface area contributed by atoms with Crippen LogP contribution in [0, 0.1) is 6.92 Å². The maximum absolute atomic E-state index is 5.43. The molecule has 0 aliphatic carbocycles. The number of nitrogens with one attached hydrogen (secondary N) is 1. The minimum absolute atomic E-state index is 0.784. The molecule has 5 heteroatoms. The number of nitrogens with zero attached hydrogens (tertiary/aromatic N) is 3. The number of hydrogen-bond donors (Lipinski definition) is 1. The maximum atomic E-state index is 5.43. The second-order valence-electron chi connectivity index (χ2n) is 3.70. The van der Waals surface area contributed by atoms with Gasteiger partial charge in [0, 0.05) is 13.1 Å². The smallest absolute Gasteiger partial charge is 0.200 e. The fourth-order valence-corrected chi connectivity index (χ4v) is 1.86. The van der Waals surface area contributed by atoms with Gasteiger partial charge in [-0.25, -0.2) is 0 Å². The summed E-state index contributed by atoms with van der Waals surface area (Å²) in [5.41, 5.74) is 1.10. The van der Waals surface area contributed by atoms with Gasteiger partial charge < -0.3 is 14.3 Å². The molecule has 15 heavy (non-hydrogen) atoms. The summed E-state index contributed by atoms with van der Waals surface area (Å²) < 4.78 is 7.54. The number of rotatable bonds is 1. The molecule has 1 N–H and O–H groups in total. The van der Waals surface area contributed by atoms with Crippen LogP contribution in [0.25, 0.3) is 11.6 Å². The Labute approximate surface area is 87.1 Å². The van der Waals surface area contributed by atoms with Gasteiger partial charge in [0.1, 0.15) is 5.82 Å². The molecule has 1 aliphatic rings. The Morgan fingerprint density at radius 3 is 3.20 bits per heavy atom. The van der Waals surface area contributed by atoms with Crippen LogP contribution in [0.1, 0.15) is 11.4 Å². The molecule has 5 nitrogen and oxygen atoms in total. The van der Waals surface area contributed by atoms with Crippen LogP contribution in [0.15, 0.2) is 16.7 Å². The summed E-state index contributed by atoms with van der Waals surface area (Å²) in [6, 6.07) is 1.94. The molecule has 0 radical (unpaired) electrons. The van der Waals surface area contributed by atoms with Gasteiger partial charge in [0.15, 0.2) is 11.6 Å². The van der Waals surface area contributed by atoms with E-state index in [1.807, 2.05) is 13.0 Å². The summed E-state index contributed by atoms with van der Waals surface area (Å²) in [6.45, 7) is 4.66. The Morgan fingerprint density at radius 1 is 1.47 bits per heavy atom. The Kier molecular flexibility index (Phi) is 1.85. The molecule has 3 heterocycles. The van der Waals surface area contributed by atoms with Crippen molar-refractivity contribution in [3.63, 3.8) is 0 Å². The van der Waals surface area contributed by atoms with Crippen LogP contribution in [0.5, 0.6) is 0 Å². The molecule has 0 spiro atoms. The summed E-state index contributed by atoms with van der Waals surface area (Å²) >= 11 is 0. The Morgan fingerprint density at radius 2 is 2.40 bits per heavy atom. The van der Waals surface area contributed by atoms with Crippen molar-refractivity contribution in [2.75, 3.05) is 6.54 Å². The van der Waals surface area contributed by atoms with Gasteiger partial charge in [-0.3, -0.25) is 0 Å². The molecular formula is C10H12N4O. The molecule has 0 atom stereocenters. The summed E-state index contributed by atoms with van der Waals surface area (Å²) in [4.78, 5) is 0. The summed E-state index contributed by atoms with van der Waals surface area (Å²) in [5.74, 6) is 2.65. The summed E-state index contributed by atoms with van der Waals surface area (Å²) in [6.07, 6.45) is 1.69. The molecule has 0 fully saturated rings. The average molecular weight is 204 g/mol. The van der Waals surface area contributed by atoms with Gasteiger partial charge in [-0.2, -0.15) is 0 Å². The van der Waals surface area contributed by atoms with Crippen molar-refractivity contribution in [3.8, 4) is 11.6 Å². The second kappa shape index (κ2) is 3.20. The van der Waals surface area contributed by atoms with Gasteiger partial charge in [0.05, 0.1) is 12.8 Å². The zero-order chi connectivity index (χ0) is 10.3. The lowest BCUT2D eigenvalue weighted by Gasteiger charge is -2.15. The quantitative estimate of drug-likeness (QED) is 0.751. The van der Waals surface area contributed by atoms with E-state index in [2.05, 4.69) is 20.1 Å². The van der Waals surface area contributed by atoms with Crippen molar-refractivity contribution in [1.82, 2.24) is 20.1 Å². The number of furan rings is 1. The first-order valence-electron chi connectivity index (χ1n) is 5.03. The van der Waals surface area contributed by atoms with Crippen molar-refractivity contribution in [3.05, 3.63) is 23.7 Å². The van der Waals surface area contributed by atoms with E-state index in [4.69, 9.17) is 4.42 Å². The van der Waals surface area contributed by atoms with E-state index in [0.29, 0.717) is 0 Å². The van der Waals surface area contributed by atoms with Crippen LogP contribution in [0.2, 0.25) is 0 Å². The highest BCUT2D eigenvalue weighted by atomic mass is 16.3. The van der Waals surface area contributed by atoms with Crippen LogP contribution < -0.4 is 5.32 Å². The first-order chi connectivity index (χ1) is 7.36. The molecule has 0 unspecified atom stereocenters. The van der Waals surface area contributed by atoms with Gasteiger partial charge in [-0.15, -0.1) is 10.2 Å². The Hall–Kier alpha value is -1.62. The SMILES string of the molecule is Cc1ccoc1-c1nnc2n1CCNC2. The molecule has 0 saturated heterocycles. The summed E-state index contributed by atoms with van der Waals surface area (Å²) in [5, 5.41) is 11.6. The molecule has 3 rings (SSSR count). The zero-order valence-corrected chi connectivity index (χ0v) is 8.53. The number of hydrogen-bond acceptors (Lipinski definition) is 4. The molecule has 0 amide bonds. The lowest BCUT2D eigenvalue weighted by Crippen LogP contribution is -2.28. The first-order valence-corrected chi connectivity index (χ1v) is 5.03. The molecule has 2 aromatic rings. The predicted octanol–water partition coefficient (Wildman–Crippen LogP) is 0.950. The van der Waals surface area contributed by atoms with Crippen molar-refractivity contribution < 1.29 is 4.42 Å². The molecule has 1 aliphatic heterocycles.